The van der Waals surface area contributed by atoms with Crippen molar-refractivity contribution in [3.8, 4) is 0 Å². The Labute approximate surface area is 114 Å². The molecule has 2 rings (SSSR count). The molecule has 18 heavy (non-hydrogen) atoms. The van der Waals surface area contributed by atoms with Gasteiger partial charge in [-0.25, -0.2) is 4.39 Å². The number of carboxylic acid groups (broad SMARTS) is 1. The van der Waals surface area contributed by atoms with Gasteiger partial charge in [0.25, 0.3) is 0 Å². The van der Waals surface area contributed by atoms with Crippen LogP contribution in [-0.4, -0.2) is 35.6 Å². The van der Waals surface area contributed by atoms with Gasteiger partial charge in [0.2, 0.25) is 0 Å². The van der Waals surface area contributed by atoms with E-state index >= 15 is 0 Å². The van der Waals surface area contributed by atoms with Crippen LogP contribution >= 0.6 is 15.9 Å². The molecule has 1 fully saturated rings. The third-order valence-electron chi connectivity index (χ3n) is 3.53. The largest absolute Gasteiger partial charge is 0.481 e. The lowest BCUT2D eigenvalue weighted by atomic mass is 9.89. The molecule has 1 N–H and O–H groups in total. The van der Waals surface area contributed by atoms with E-state index in [-0.39, 0.29) is 11.7 Å². The van der Waals surface area contributed by atoms with E-state index in [0.717, 1.165) is 12.1 Å². The number of likely N-dealkylation sites (N-methyl/N-ethyl adjacent to an activating group) is 1. The number of halogens is 2. The second kappa shape index (κ2) is 5.36. The van der Waals surface area contributed by atoms with Crippen molar-refractivity contribution < 1.29 is 14.3 Å². The number of aliphatic carboxylic acids is 1. The molecule has 0 aliphatic carbocycles. The number of nitrogens with zero attached hydrogens (tertiary/aromatic N) is 1. The summed E-state index contributed by atoms with van der Waals surface area (Å²) in [4.78, 5) is 13.4. The van der Waals surface area contributed by atoms with E-state index in [1.807, 2.05) is 6.92 Å². The van der Waals surface area contributed by atoms with Crippen molar-refractivity contribution in [1.29, 1.82) is 0 Å². The molecule has 1 aliphatic heterocycles. The zero-order chi connectivity index (χ0) is 13.3. The van der Waals surface area contributed by atoms with Gasteiger partial charge in [-0.3, -0.25) is 4.79 Å². The van der Waals surface area contributed by atoms with Crippen molar-refractivity contribution in [1.82, 2.24) is 4.90 Å². The van der Waals surface area contributed by atoms with Gasteiger partial charge in [-0.1, -0.05) is 13.0 Å². The number of carboxylic acids is 1. The van der Waals surface area contributed by atoms with Gasteiger partial charge in [-0.05, 0) is 40.2 Å². The Morgan fingerprint density at radius 2 is 2.28 bits per heavy atom. The Bertz CT molecular complexity index is 466. The number of benzene rings is 1. The third-order valence-corrected chi connectivity index (χ3v) is 4.14. The highest BCUT2D eigenvalue weighted by molar-refractivity contribution is 9.10. The van der Waals surface area contributed by atoms with Crippen LogP contribution in [-0.2, 0) is 4.79 Å². The van der Waals surface area contributed by atoms with Crippen molar-refractivity contribution in [2.24, 2.45) is 5.92 Å². The fourth-order valence-electron chi connectivity index (χ4n) is 2.47. The third kappa shape index (κ3) is 2.57. The van der Waals surface area contributed by atoms with E-state index in [4.69, 9.17) is 0 Å². The lowest BCUT2D eigenvalue weighted by molar-refractivity contribution is -0.141. The van der Waals surface area contributed by atoms with Gasteiger partial charge in [0, 0.05) is 19.0 Å². The summed E-state index contributed by atoms with van der Waals surface area (Å²) in [6.07, 6.45) is 0. The van der Waals surface area contributed by atoms with Gasteiger partial charge in [0.1, 0.15) is 5.82 Å². The standard InChI is InChI=1S/C13H15BrFNO2/c1-2-16-6-9(10(7-16)13(17)18)8-3-4-12(15)11(14)5-8/h3-5,9-10H,2,6-7H2,1H3,(H,17,18). The zero-order valence-electron chi connectivity index (χ0n) is 10.1. The monoisotopic (exact) mass is 315 g/mol. The van der Waals surface area contributed by atoms with E-state index < -0.39 is 11.9 Å². The van der Waals surface area contributed by atoms with Crippen molar-refractivity contribution in [2.75, 3.05) is 19.6 Å². The molecular weight excluding hydrogens is 301 g/mol. The molecule has 1 aliphatic rings. The minimum Gasteiger partial charge on any atom is -0.481 e. The zero-order valence-corrected chi connectivity index (χ0v) is 11.7. The fraction of sp³-hybridized carbons (Fsp3) is 0.462. The average Bonchev–Trinajstić information content (AvgIpc) is 2.77. The Morgan fingerprint density at radius 3 is 2.83 bits per heavy atom. The smallest absolute Gasteiger partial charge is 0.308 e. The summed E-state index contributed by atoms with van der Waals surface area (Å²) in [6, 6.07) is 4.75. The molecular formula is C13H15BrFNO2. The molecule has 98 valence electrons. The minimum absolute atomic E-state index is 0.0700. The SMILES string of the molecule is CCN1CC(C(=O)O)C(c2ccc(F)c(Br)c2)C1. The lowest BCUT2D eigenvalue weighted by Gasteiger charge is -2.15. The molecule has 0 aromatic heterocycles. The molecule has 1 saturated heterocycles. The van der Waals surface area contributed by atoms with E-state index in [9.17, 15) is 14.3 Å². The maximum absolute atomic E-state index is 13.2. The Hall–Kier alpha value is -0.940. The van der Waals surface area contributed by atoms with Gasteiger partial charge in [-0.2, -0.15) is 0 Å². The predicted octanol–water partition coefficient (Wildman–Crippen LogP) is 2.71. The van der Waals surface area contributed by atoms with E-state index in [2.05, 4.69) is 20.8 Å². The summed E-state index contributed by atoms with van der Waals surface area (Å²) in [6.45, 7) is 4.13. The highest BCUT2D eigenvalue weighted by Crippen LogP contribution is 2.34. The fourth-order valence-corrected chi connectivity index (χ4v) is 2.87. The van der Waals surface area contributed by atoms with Crippen LogP contribution in [0.4, 0.5) is 4.39 Å². The van der Waals surface area contributed by atoms with Gasteiger partial charge < -0.3 is 10.0 Å². The summed E-state index contributed by atoms with van der Waals surface area (Å²) >= 11 is 3.15. The van der Waals surface area contributed by atoms with E-state index in [1.54, 1.807) is 12.1 Å². The van der Waals surface area contributed by atoms with Crippen LogP contribution in [0.25, 0.3) is 0 Å². The number of rotatable bonds is 3. The Kier molecular flexibility index (Phi) is 4.02. The molecule has 5 heteroatoms. The average molecular weight is 316 g/mol. The van der Waals surface area contributed by atoms with Crippen LogP contribution in [0.15, 0.2) is 22.7 Å². The first-order valence-corrected chi connectivity index (χ1v) is 6.72. The highest BCUT2D eigenvalue weighted by Gasteiger charge is 2.37. The predicted molar refractivity (Wildman–Crippen MR) is 70.1 cm³/mol. The number of likely N-dealkylation sites (tertiary alicyclic amines) is 1. The summed E-state index contributed by atoms with van der Waals surface area (Å²) in [7, 11) is 0. The first kappa shape index (κ1) is 13.5. The second-order valence-corrected chi connectivity index (χ2v) is 5.43. The van der Waals surface area contributed by atoms with Crippen LogP contribution in [0.1, 0.15) is 18.4 Å². The normalized spacial score (nSPS) is 24.4. The van der Waals surface area contributed by atoms with Gasteiger partial charge in [-0.15, -0.1) is 0 Å². The molecule has 1 aromatic carbocycles. The lowest BCUT2D eigenvalue weighted by Crippen LogP contribution is -2.23. The molecule has 2 unspecified atom stereocenters. The van der Waals surface area contributed by atoms with E-state index in [0.29, 0.717) is 17.6 Å². The minimum atomic E-state index is -0.781. The van der Waals surface area contributed by atoms with Crippen molar-refractivity contribution in [2.45, 2.75) is 12.8 Å². The first-order valence-electron chi connectivity index (χ1n) is 5.93. The first-order chi connectivity index (χ1) is 8.52. The summed E-state index contributed by atoms with van der Waals surface area (Å²) in [5, 5.41) is 9.27. The van der Waals surface area contributed by atoms with Crippen LogP contribution in [0.2, 0.25) is 0 Å². The molecule has 0 radical (unpaired) electrons. The number of hydrogen-bond acceptors (Lipinski definition) is 2. The molecule has 0 spiro atoms. The quantitative estimate of drug-likeness (QED) is 0.932. The number of carbonyl (C=O) groups is 1. The Balaban J connectivity index is 2.29. The van der Waals surface area contributed by atoms with E-state index in [1.165, 1.54) is 6.07 Å². The molecule has 1 heterocycles. The maximum atomic E-state index is 13.2. The molecule has 0 bridgehead atoms. The Morgan fingerprint density at radius 1 is 1.56 bits per heavy atom. The second-order valence-electron chi connectivity index (χ2n) is 4.58. The van der Waals surface area contributed by atoms with Crippen molar-refractivity contribution in [3.05, 3.63) is 34.1 Å². The maximum Gasteiger partial charge on any atom is 0.308 e. The summed E-state index contributed by atoms with van der Waals surface area (Å²) in [5.74, 6) is -1.59. The van der Waals surface area contributed by atoms with Crippen molar-refractivity contribution >= 4 is 21.9 Å². The summed E-state index contributed by atoms with van der Waals surface area (Å²) < 4.78 is 13.6. The van der Waals surface area contributed by atoms with Gasteiger partial charge in [0.15, 0.2) is 0 Å². The molecule has 0 amide bonds. The molecule has 2 atom stereocenters. The van der Waals surface area contributed by atoms with Gasteiger partial charge in [0.05, 0.1) is 10.4 Å². The van der Waals surface area contributed by atoms with Gasteiger partial charge >= 0.3 is 5.97 Å². The van der Waals surface area contributed by atoms with Crippen LogP contribution in [0, 0.1) is 11.7 Å². The summed E-state index contributed by atoms with van der Waals surface area (Å²) in [5.41, 5.74) is 0.881. The van der Waals surface area contributed by atoms with Crippen molar-refractivity contribution in [3.63, 3.8) is 0 Å². The topological polar surface area (TPSA) is 40.5 Å². The highest BCUT2D eigenvalue weighted by atomic mass is 79.9. The molecule has 1 aromatic rings. The van der Waals surface area contributed by atoms with Crippen LogP contribution in [0.3, 0.4) is 0 Å². The number of hydrogen-bond donors (Lipinski definition) is 1. The molecule has 3 nitrogen and oxygen atoms in total. The van der Waals surface area contributed by atoms with Crippen LogP contribution < -0.4 is 0 Å². The van der Waals surface area contributed by atoms with Crippen LogP contribution in [0.5, 0.6) is 0 Å². The molecule has 0 saturated carbocycles.